The molecule has 1 saturated heterocycles. The smallest absolute Gasteiger partial charge is 0.341 e. The summed E-state index contributed by atoms with van der Waals surface area (Å²) in [5, 5.41) is 19.0. The number of anilines is 1. The fourth-order valence-corrected chi connectivity index (χ4v) is 3.29. The predicted octanol–water partition coefficient (Wildman–Crippen LogP) is 1.74. The lowest BCUT2D eigenvalue weighted by atomic mass is 9.99. The van der Waals surface area contributed by atoms with E-state index in [1.165, 1.54) is 6.20 Å². The number of halogens is 1. The van der Waals surface area contributed by atoms with Gasteiger partial charge < -0.3 is 19.7 Å². The summed E-state index contributed by atoms with van der Waals surface area (Å²) in [6.07, 6.45) is 2.67. The lowest BCUT2D eigenvalue weighted by molar-refractivity contribution is 0.0694. The molecule has 2 N–H and O–H groups in total. The number of carbonyl (C=O) groups is 1. The molecule has 7 heteroatoms. The van der Waals surface area contributed by atoms with Crippen molar-refractivity contribution in [2.45, 2.75) is 38.0 Å². The number of aromatic carboxylic acids is 1. The van der Waals surface area contributed by atoms with E-state index in [4.69, 9.17) is 0 Å². The van der Waals surface area contributed by atoms with E-state index in [0.29, 0.717) is 17.7 Å². The lowest BCUT2D eigenvalue weighted by Crippen LogP contribution is -2.59. The number of aliphatic hydroxyl groups is 1. The molecule has 0 unspecified atom stereocenters. The van der Waals surface area contributed by atoms with Crippen LogP contribution in [0.3, 0.4) is 0 Å². The van der Waals surface area contributed by atoms with Gasteiger partial charge in [-0.05, 0) is 31.9 Å². The number of carboxylic acid groups (broad SMARTS) is 1. The molecule has 2 aliphatic rings. The number of aromatic nitrogens is 1. The average molecular weight is 332 g/mol. The maximum Gasteiger partial charge on any atom is 0.341 e. The van der Waals surface area contributed by atoms with Crippen LogP contribution in [-0.4, -0.2) is 39.4 Å². The quantitative estimate of drug-likeness (QED) is 0.895. The molecule has 1 aliphatic heterocycles. The summed E-state index contributed by atoms with van der Waals surface area (Å²) in [5.74, 6) is -1.89. The molecular weight excluding hydrogens is 315 g/mol. The highest BCUT2D eigenvalue weighted by Crippen LogP contribution is 2.39. The molecule has 126 valence electrons. The van der Waals surface area contributed by atoms with Crippen LogP contribution in [0, 0.1) is 5.82 Å². The fraction of sp³-hybridized carbons (Fsp3) is 0.412. The first-order valence-corrected chi connectivity index (χ1v) is 7.95. The minimum atomic E-state index is -1.31. The van der Waals surface area contributed by atoms with Crippen LogP contribution in [0.5, 0.6) is 0 Å². The van der Waals surface area contributed by atoms with E-state index in [-0.39, 0.29) is 23.0 Å². The van der Waals surface area contributed by atoms with Gasteiger partial charge in [-0.1, -0.05) is 0 Å². The standard InChI is InChI=1S/C17H17FN2O4/c1-8-15(21)7-19(8)14-5-13-10(4-12(14)18)16(22)11(17(23)24)6-20(13)9-2-3-9/h4-6,8-9,15,21H,2-3,7H2,1H3,(H,23,24)/t8-,15+/m0/s1. The first-order valence-electron chi connectivity index (χ1n) is 7.95. The SMILES string of the molecule is C[C@H]1[C@H](O)CN1c1cc2c(cc1F)c(=O)c(C(=O)O)cn2C1CC1. The van der Waals surface area contributed by atoms with Gasteiger partial charge in [-0.3, -0.25) is 4.79 Å². The number of benzene rings is 1. The van der Waals surface area contributed by atoms with E-state index in [1.807, 2.05) is 0 Å². The Morgan fingerprint density at radius 3 is 2.58 bits per heavy atom. The molecule has 1 saturated carbocycles. The van der Waals surface area contributed by atoms with Crippen LogP contribution >= 0.6 is 0 Å². The Bertz CT molecular complexity index is 919. The van der Waals surface area contributed by atoms with Crippen LogP contribution < -0.4 is 10.3 Å². The maximum atomic E-state index is 14.5. The number of hydrogen-bond donors (Lipinski definition) is 2. The van der Waals surface area contributed by atoms with Gasteiger partial charge in [0.25, 0.3) is 0 Å². The summed E-state index contributed by atoms with van der Waals surface area (Å²) in [5.41, 5.74) is -0.138. The molecule has 0 bridgehead atoms. The fourth-order valence-electron chi connectivity index (χ4n) is 3.29. The van der Waals surface area contributed by atoms with Gasteiger partial charge in [0.1, 0.15) is 11.4 Å². The second kappa shape index (κ2) is 5.04. The number of carboxylic acids is 1. The maximum absolute atomic E-state index is 14.5. The molecule has 2 fully saturated rings. The van der Waals surface area contributed by atoms with E-state index in [0.717, 1.165) is 18.9 Å². The van der Waals surface area contributed by atoms with Crippen LogP contribution in [0.2, 0.25) is 0 Å². The third-order valence-electron chi connectivity index (χ3n) is 5.01. The molecule has 1 aromatic carbocycles. The number of nitrogens with zero attached hydrogens (tertiary/aromatic N) is 2. The van der Waals surface area contributed by atoms with Crippen LogP contribution in [0.25, 0.3) is 10.9 Å². The van der Waals surface area contributed by atoms with Crippen LogP contribution in [0.15, 0.2) is 23.1 Å². The summed E-state index contributed by atoms with van der Waals surface area (Å²) in [6, 6.07) is 2.66. The zero-order chi connectivity index (χ0) is 17.2. The number of fused-ring (bicyclic) bond motifs is 1. The normalized spacial score (nSPS) is 23.4. The average Bonchev–Trinajstić information content (AvgIpc) is 3.37. The van der Waals surface area contributed by atoms with E-state index in [9.17, 15) is 24.2 Å². The number of β-amino-alcohol motifs (C(OH)–C–C–N with tert-alkyl or cyclic N) is 1. The largest absolute Gasteiger partial charge is 0.477 e. The van der Waals surface area contributed by atoms with Gasteiger partial charge >= 0.3 is 5.97 Å². The van der Waals surface area contributed by atoms with Gasteiger partial charge in [-0.2, -0.15) is 0 Å². The van der Waals surface area contributed by atoms with E-state index >= 15 is 0 Å². The summed E-state index contributed by atoms with van der Waals surface area (Å²) in [7, 11) is 0. The Hall–Kier alpha value is -2.41. The molecule has 2 atom stereocenters. The van der Waals surface area contributed by atoms with Crippen molar-refractivity contribution in [2.75, 3.05) is 11.4 Å². The van der Waals surface area contributed by atoms with Gasteiger partial charge in [0.2, 0.25) is 5.43 Å². The van der Waals surface area contributed by atoms with Gasteiger partial charge in [0, 0.05) is 24.2 Å². The number of hydrogen-bond acceptors (Lipinski definition) is 4. The Balaban J connectivity index is 1.96. The number of aliphatic hydroxyl groups excluding tert-OH is 1. The van der Waals surface area contributed by atoms with Crippen LogP contribution in [0.4, 0.5) is 10.1 Å². The molecule has 0 amide bonds. The minimum absolute atomic E-state index is 0.0803. The summed E-state index contributed by atoms with van der Waals surface area (Å²) >= 11 is 0. The van der Waals surface area contributed by atoms with Gasteiger partial charge in [0.15, 0.2) is 0 Å². The summed E-state index contributed by atoms with van der Waals surface area (Å²) < 4.78 is 16.3. The molecule has 2 aromatic rings. The van der Waals surface area contributed by atoms with Crippen LogP contribution in [0.1, 0.15) is 36.2 Å². The van der Waals surface area contributed by atoms with E-state index in [2.05, 4.69) is 0 Å². The van der Waals surface area contributed by atoms with Crippen molar-refractivity contribution in [1.82, 2.24) is 4.57 Å². The van der Waals surface area contributed by atoms with Gasteiger partial charge in [-0.25, -0.2) is 9.18 Å². The van der Waals surface area contributed by atoms with Crippen molar-refractivity contribution in [1.29, 1.82) is 0 Å². The first kappa shape index (κ1) is 15.1. The third-order valence-corrected chi connectivity index (χ3v) is 5.01. The molecular formula is C17H17FN2O4. The molecule has 1 aliphatic carbocycles. The Morgan fingerprint density at radius 1 is 1.33 bits per heavy atom. The topological polar surface area (TPSA) is 82.8 Å². The highest BCUT2D eigenvalue weighted by molar-refractivity contribution is 5.93. The van der Waals surface area contributed by atoms with Crippen molar-refractivity contribution >= 4 is 22.6 Å². The van der Waals surface area contributed by atoms with Crippen molar-refractivity contribution in [3.05, 3.63) is 39.9 Å². The van der Waals surface area contributed by atoms with Crippen molar-refractivity contribution in [3.63, 3.8) is 0 Å². The summed E-state index contributed by atoms with van der Waals surface area (Å²) in [6.45, 7) is 2.14. The number of pyridine rings is 1. The minimum Gasteiger partial charge on any atom is -0.477 e. The Kier molecular flexibility index (Phi) is 3.18. The third kappa shape index (κ3) is 2.11. The molecule has 4 rings (SSSR count). The zero-order valence-corrected chi connectivity index (χ0v) is 13.1. The highest BCUT2D eigenvalue weighted by atomic mass is 19.1. The zero-order valence-electron chi connectivity index (χ0n) is 13.1. The van der Waals surface area contributed by atoms with E-state index < -0.39 is 23.3 Å². The van der Waals surface area contributed by atoms with Crippen molar-refractivity contribution in [2.24, 2.45) is 0 Å². The second-order valence-corrected chi connectivity index (χ2v) is 6.60. The van der Waals surface area contributed by atoms with Gasteiger partial charge in [-0.15, -0.1) is 0 Å². The first-order chi connectivity index (χ1) is 11.4. The monoisotopic (exact) mass is 332 g/mol. The van der Waals surface area contributed by atoms with Crippen molar-refractivity contribution < 1.29 is 19.4 Å². The van der Waals surface area contributed by atoms with Gasteiger partial charge in [0.05, 0.1) is 23.3 Å². The van der Waals surface area contributed by atoms with E-state index in [1.54, 1.807) is 22.5 Å². The Labute approximate surface area is 136 Å². The predicted molar refractivity (Wildman–Crippen MR) is 86.2 cm³/mol. The molecule has 0 radical (unpaired) electrons. The van der Waals surface area contributed by atoms with Crippen molar-refractivity contribution in [3.8, 4) is 0 Å². The number of rotatable bonds is 3. The molecule has 2 heterocycles. The second-order valence-electron chi connectivity index (χ2n) is 6.60. The molecule has 1 aromatic heterocycles. The lowest BCUT2D eigenvalue weighted by Gasteiger charge is -2.45. The molecule has 6 nitrogen and oxygen atoms in total. The molecule has 0 spiro atoms. The highest BCUT2D eigenvalue weighted by Gasteiger charge is 2.36. The summed E-state index contributed by atoms with van der Waals surface area (Å²) in [4.78, 5) is 25.4. The Morgan fingerprint density at radius 2 is 2.04 bits per heavy atom. The molecule has 24 heavy (non-hydrogen) atoms. The van der Waals surface area contributed by atoms with Crippen LogP contribution in [-0.2, 0) is 0 Å².